The van der Waals surface area contributed by atoms with Crippen molar-refractivity contribution >= 4 is 5.91 Å². The number of carbonyl (C=O) groups excluding carboxylic acids is 1. The molecular weight excluding hydrogens is 236 g/mol. The topological polar surface area (TPSA) is 46.3 Å². The van der Waals surface area contributed by atoms with E-state index in [1.165, 1.54) is 25.7 Å². The summed E-state index contributed by atoms with van der Waals surface area (Å²) in [6, 6.07) is 0.204. The Morgan fingerprint density at radius 1 is 1.26 bits per heavy atom. The van der Waals surface area contributed by atoms with Crippen LogP contribution in [-0.2, 0) is 4.79 Å². The summed E-state index contributed by atoms with van der Waals surface area (Å²) < 4.78 is 0. The monoisotopic (exact) mass is 266 g/mol. The Hall–Kier alpha value is -0.570. The van der Waals surface area contributed by atoms with Gasteiger partial charge >= 0.3 is 0 Å². The molecule has 0 aromatic heterocycles. The van der Waals surface area contributed by atoms with Crippen LogP contribution in [-0.4, -0.2) is 29.9 Å². The van der Waals surface area contributed by atoms with Crippen molar-refractivity contribution in [3.05, 3.63) is 0 Å². The minimum atomic E-state index is 0.177. The number of rotatable bonds is 2. The van der Waals surface area contributed by atoms with Crippen molar-refractivity contribution < 1.29 is 4.79 Å². The molecule has 1 aliphatic heterocycles. The highest BCUT2D eigenvalue weighted by Gasteiger charge is 2.40. The van der Waals surface area contributed by atoms with Crippen LogP contribution in [0.25, 0.3) is 0 Å². The molecule has 0 aromatic carbocycles. The van der Waals surface area contributed by atoms with Gasteiger partial charge in [0.2, 0.25) is 5.91 Å². The summed E-state index contributed by atoms with van der Waals surface area (Å²) in [7, 11) is 0. The highest BCUT2D eigenvalue weighted by atomic mass is 16.2. The summed E-state index contributed by atoms with van der Waals surface area (Å²) in [4.78, 5) is 14.9. The fourth-order valence-corrected chi connectivity index (χ4v) is 3.81. The van der Waals surface area contributed by atoms with Crippen LogP contribution < -0.4 is 5.73 Å². The quantitative estimate of drug-likeness (QED) is 0.835. The summed E-state index contributed by atoms with van der Waals surface area (Å²) in [6.45, 7) is 8.42. The first-order valence-electron chi connectivity index (χ1n) is 7.96. The molecule has 3 unspecified atom stereocenters. The highest BCUT2D eigenvalue weighted by Crippen LogP contribution is 2.41. The maximum Gasteiger partial charge on any atom is 0.226 e. The third-order valence-corrected chi connectivity index (χ3v) is 5.32. The van der Waals surface area contributed by atoms with Gasteiger partial charge in [0.05, 0.1) is 0 Å². The second-order valence-corrected chi connectivity index (χ2v) is 7.33. The van der Waals surface area contributed by atoms with E-state index in [0.717, 1.165) is 25.9 Å². The molecule has 1 saturated heterocycles. The van der Waals surface area contributed by atoms with Crippen molar-refractivity contribution in [1.29, 1.82) is 0 Å². The van der Waals surface area contributed by atoms with Crippen molar-refractivity contribution in [1.82, 2.24) is 4.90 Å². The van der Waals surface area contributed by atoms with E-state index in [9.17, 15) is 4.79 Å². The zero-order chi connectivity index (χ0) is 14.0. The molecule has 0 radical (unpaired) electrons. The van der Waals surface area contributed by atoms with Gasteiger partial charge in [-0.05, 0) is 43.9 Å². The van der Waals surface area contributed by atoms with Gasteiger partial charge in [-0.15, -0.1) is 0 Å². The van der Waals surface area contributed by atoms with E-state index in [4.69, 9.17) is 5.73 Å². The normalized spacial score (nSPS) is 32.9. The number of nitrogens with zero attached hydrogens (tertiary/aromatic N) is 1. The van der Waals surface area contributed by atoms with Crippen molar-refractivity contribution in [2.45, 2.75) is 65.3 Å². The van der Waals surface area contributed by atoms with Crippen LogP contribution in [0.3, 0.4) is 0 Å². The smallest absolute Gasteiger partial charge is 0.226 e. The highest BCUT2D eigenvalue weighted by molar-refractivity contribution is 5.79. The van der Waals surface area contributed by atoms with Gasteiger partial charge in [0.15, 0.2) is 0 Å². The van der Waals surface area contributed by atoms with Crippen LogP contribution in [0.5, 0.6) is 0 Å². The van der Waals surface area contributed by atoms with Crippen LogP contribution in [0, 0.1) is 17.3 Å². The first-order valence-corrected chi connectivity index (χ1v) is 7.96. The maximum absolute atomic E-state index is 12.8. The van der Waals surface area contributed by atoms with Gasteiger partial charge < -0.3 is 10.6 Å². The molecule has 2 aliphatic rings. The Bertz CT molecular complexity index is 325. The molecule has 19 heavy (non-hydrogen) atoms. The minimum absolute atomic E-state index is 0.177. The van der Waals surface area contributed by atoms with Gasteiger partial charge in [-0.3, -0.25) is 4.79 Å². The molecule has 1 amide bonds. The number of carbonyl (C=O) groups is 1. The van der Waals surface area contributed by atoms with E-state index in [0.29, 0.717) is 11.8 Å². The Labute approximate surface area is 117 Å². The standard InChI is InChI=1S/C16H30N2O/c1-12(17)13-7-6-10-18(11-13)15(19)14-8-4-5-9-16(14,2)3/h12-14H,4-11,17H2,1-3H3. The van der Waals surface area contributed by atoms with Gasteiger partial charge in [-0.25, -0.2) is 0 Å². The van der Waals surface area contributed by atoms with E-state index < -0.39 is 0 Å². The zero-order valence-electron chi connectivity index (χ0n) is 12.8. The number of likely N-dealkylation sites (tertiary alicyclic amines) is 1. The van der Waals surface area contributed by atoms with Crippen molar-refractivity contribution in [3.8, 4) is 0 Å². The molecule has 2 rings (SSSR count). The molecule has 0 spiro atoms. The second-order valence-electron chi connectivity index (χ2n) is 7.33. The summed E-state index contributed by atoms with van der Waals surface area (Å²) in [5.74, 6) is 1.12. The third-order valence-electron chi connectivity index (χ3n) is 5.32. The van der Waals surface area contributed by atoms with E-state index in [1.54, 1.807) is 0 Å². The fourth-order valence-electron chi connectivity index (χ4n) is 3.81. The lowest BCUT2D eigenvalue weighted by Gasteiger charge is -2.43. The summed E-state index contributed by atoms with van der Waals surface area (Å²) >= 11 is 0. The summed E-state index contributed by atoms with van der Waals surface area (Å²) in [5.41, 5.74) is 6.20. The molecule has 0 aromatic rings. The van der Waals surface area contributed by atoms with Crippen LogP contribution in [0.1, 0.15) is 59.3 Å². The van der Waals surface area contributed by atoms with Crippen LogP contribution in [0.2, 0.25) is 0 Å². The van der Waals surface area contributed by atoms with E-state index in [-0.39, 0.29) is 17.4 Å². The largest absolute Gasteiger partial charge is 0.342 e. The van der Waals surface area contributed by atoms with E-state index in [1.807, 2.05) is 0 Å². The molecule has 1 saturated carbocycles. The Balaban J connectivity index is 2.02. The van der Waals surface area contributed by atoms with Crippen molar-refractivity contribution in [2.24, 2.45) is 23.0 Å². The Morgan fingerprint density at radius 3 is 2.63 bits per heavy atom. The fraction of sp³-hybridized carbons (Fsp3) is 0.938. The maximum atomic E-state index is 12.8. The molecule has 0 bridgehead atoms. The average Bonchev–Trinajstić information content (AvgIpc) is 2.37. The predicted molar refractivity (Wildman–Crippen MR) is 78.7 cm³/mol. The average molecular weight is 266 g/mol. The number of hydrogen-bond donors (Lipinski definition) is 1. The van der Waals surface area contributed by atoms with E-state index in [2.05, 4.69) is 25.7 Å². The van der Waals surface area contributed by atoms with Gasteiger partial charge in [-0.2, -0.15) is 0 Å². The third kappa shape index (κ3) is 3.31. The lowest BCUT2D eigenvalue weighted by atomic mass is 9.68. The van der Waals surface area contributed by atoms with E-state index >= 15 is 0 Å². The predicted octanol–water partition coefficient (Wildman–Crippen LogP) is 2.79. The van der Waals surface area contributed by atoms with Crippen molar-refractivity contribution in [3.63, 3.8) is 0 Å². The lowest BCUT2D eigenvalue weighted by molar-refractivity contribution is -0.143. The second kappa shape index (κ2) is 5.82. The molecule has 3 nitrogen and oxygen atoms in total. The van der Waals surface area contributed by atoms with Gasteiger partial charge in [0, 0.05) is 25.0 Å². The Kier molecular flexibility index (Phi) is 4.54. The van der Waals surface area contributed by atoms with Gasteiger partial charge in [-0.1, -0.05) is 26.7 Å². The molecular formula is C16H30N2O. The number of amides is 1. The first-order chi connectivity index (χ1) is 8.92. The summed E-state index contributed by atoms with van der Waals surface area (Å²) in [6.07, 6.45) is 7.05. The van der Waals surface area contributed by atoms with Crippen LogP contribution in [0.4, 0.5) is 0 Å². The van der Waals surface area contributed by atoms with Gasteiger partial charge in [0.1, 0.15) is 0 Å². The summed E-state index contributed by atoms with van der Waals surface area (Å²) in [5, 5.41) is 0. The molecule has 3 heteroatoms. The van der Waals surface area contributed by atoms with Crippen molar-refractivity contribution in [2.75, 3.05) is 13.1 Å². The lowest BCUT2D eigenvalue weighted by Crippen LogP contribution is -2.50. The molecule has 1 heterocycles. The van der Waals surface area contributed by atoms with Gasteiger partial charge in [0.25, 0.3) is 0 Å². The molecule has 2 fully saturated rings. The first kappa shape index (κ1) is 14.8. The zero-order valence-corrected chi connectivity index (χ0v) is 12.8. The minimum Gasteiger partial charge on any atom is -0.342 e. The Morgan fingerprint density at radius 2 is 2.00 bits per heavy atom. The SMILES string of the molecule is CC(N)C1CCCN(C(=O)C2CCCCC2(C)C)C1. The molecule has 110 valence electrons. The molecule has 2 N–H and O–H groups in total. The molecule has 3 atom stereocenters. The number of hydrogen-bond acceptors (Lipinski definition) is 2. The number of piperidine rings is 1. The number of nitrogens with two attached hydrogens (primary N) is 1. The van der Waals surface area contributed by atoms with Crippen LogP contribution >= 0.6 is 0 Å². The molecule has 1 aliphatic carbocycles. The van der Waals surface area contributed by atoms with Crippen LogP contribution in [0.15, 0.2) is 0 Å².